The summed E-state index contributed by atoms with van der Waals surface area (Å²) in [5.74, 6) is -0.538. The maximum atomic E-state index is 13.2. The molecule has 0 radical (unpaired) electrons. The van der Waals surface area contributed by atoms with Gasteiger partial charge in [-0.1, -0.05) is 12.1 Å². The summed E-state index contributed by atoms with van der Waals surface area (Å²) in [4.78, 5) is 13.9. The fourth-order valence-electron chi connectivity index (χ4n) is 1.97. The Kier molecular flexibility index (Phi) is 2.94. The van der Waals surface area contributed by atoms with Crippen LogP contribution in [0, 0.1) is 5.82 Å². The molecule has 1 aliphatic carbocycles. The molecule has 1 fully saturated rings. The number of nitrogens with one attached hydrogen (secondary N) is 1. The molecule has 1 saturated carbocycles. The van der Waals surface area contributed by atoms with Crippen LogP contribution in [0.3, 0.4) is 0 Å². The first kappa shape index (κ1) is 11.8. The number of benzene rings is 1. The van der Waals surface area contributed by atoms with E-state index in [0.717, 1.165) is 18.4 Å². The average Bonchev–Trinajstić information content (AvgIpc) is 3.09. The van der Waals surface area contributed by atoms with Crippen molar-refractivity contribution >= 4 is 5.91 Å². The number of nitrogens with zero attached hydrogens (tertiary/aromatic N) is 4. The molecular weight excluding hydrogens is 249 g/mol. The molecule has 1 amide bonds. The average molecular weight is 261 g/mol. The van der Waals surface area contributed by atoms with E-state index in [1.165, 1.54) is 12.1 Å². The molecule has 98 valence electrons. The topological polar surface area (TPSA) is 74.8 Å². The molecule has 6 nitrogen and oxygen atoms in total. The number of carbonyl (C=O) groups is 1. The van der Waals surface area contributed by atoms with E-state index < -0.39 is 0 Å². The van der Waals surface area contributed by atoms with E-state index in [0.29, 0.717) is 6.54 Å². The minimum absolute atomic E-state index is 0.0447. The third-order valence-corrected chi connectivity index (χ3v) is 3.03. The lowest BCUT2D eigenvalue weighted by atomic mass is 10.2. The van der Waals surface area contributed by atoms with Crippen molar-refractivity contribution in [2.24, 2.45) is 0 Å². The molecule has 1 aliphatic rings. The monoisotopic (exact) mass is 261 g/mol. The zero-order valence-electron chi connectivity index (χ0n) is 10.1. The maximum Gasteiger partial charge on any atom is 0.296 e. The fourth-order valence-corrected chi connectivity index (χ4v) is 1.97. The molecule has 7 heteroatoms. The summed E-state index contributed by atoms with van der Waals surface area (Å²) in [5.41, 5.74) is 0.753. The number of amides is 1. The van der Waals surface area contributed by atoms with Crippen molar-refractivity contribution < 1.29 is 9.18 Å². The summed E-state index contributed by atoms with van der Waals surface area (Å²) in [6, 6.07) is 6.43. The zero-order valence-corrected chi connectivity index (χ0v) is 10.1. The van der Waals surface area contributed by atoms with E-state index in [1.54, 1.807) is 17.0 Å². The maximum absolute atomic E-state index is 13.2. The largest absolute Gasteiger partial charge is 0.328 e. The Morgan fingerprint density at radius 1 is 1.47 bits per heavy atom. The molecule has 1 N–H and O–H groups in total. The minimum Gasteiger partial charge on any atom is -0.328 e. The quantitative estimate of drug-likeness (QED) is 0.895. The van der Waals surface area contributed by atoms with Crippen LogP contribution in [0.25, 0.3) is 0 Å². The van der Waals surface area contributed by atoms with Gasteiger partial charge in [0.25, 0.3) is 11.7 Å². The number of halogens is 1. The highest BCUT2D eigenvalue weighted by atomic mass is 19.1. The van der Waals surface area contributed by atoms with Gasteiger partial charge >= 0.3 is 0 Å². The van der Waals surface area contributed by atoms with Crippen LogP contribution in [-0.4, -0.2) is 37.5 Å². The molecule has 1 aromatic heterocycles. The Morgan fingerprint density at radius 3 is 2.95 bits per heavy atom. The molecule has 0 saturated heterocycles. The molecule has 1 aromatic carbocycles. The van der Waals surface area contributed by atoms with Crippen LogP contribution in [0.1, 0.15) is 29.0 Å². The highest BCUT2D eigenvalue weighted by Crippen LogP contribution is 2.29. The van der Waals surface area contributed by atoms with Gasteiger partial charge in [0.15, 0.2) is 0 Å². The van der Waals surface area contributed by atoms with Crippen LogP contribution in [0.15, 0.2) is 24.3 Å². The van der Waals surface area contributed by atoms with Crippen LogP contribution in [-0.2, 0) is 6.54 Å². The third kappa shape index (κ3) is 2.59. The van der Waals surface area contributed by atoms with Crippen molar-refractivity contribution in [1.82, 2.24) is 25.5 Å². The number of aromatic nitrogens is 4. The molecule has 0 unspecified atom stereocenters. The van der Waals surface area contributed by atoms with Crippen LogP contribution >= 0.6 is 0 Å². The number of tetrazole rings is 1. The van der Waals surface area contributed by atoms with E-state index in [9.17, 15) is 9.18 Å². The van der Waals surface area contributed by atoms with Crippen LogP contribution in [0.4, 0.5) is 4.39 Å². The zero-order chi connectivity index (χ0) is 13.2. The summed E-state index contributed by atoms with van der Waals surface area (Å²) in [6.07, 6.45) is 1.91. The van der Waals surface area contributed by atoms with Gasteiger partial charge in [-0.25, -0.2) is 4.39 Å². The number of rotatable bonds is 4. The highest BCUT2D eigenvalue weighted by Gasteiger charge is 2.34. The molecule has 0 aliphatic heterocycles. The van der Waals surface area contributed by atoms with Gasteiger partial charge in [-0.05, 0) is 35.8 Å². The second kappa shape index (κ2) is 4.75. The lowest BCUT2D eigenvalue weighted by molar-refractivity contribution is 0.0717. The van der Waals surface area contributed by atoms with Gasteiger partial charge in [0, 0.05) is 12.6 Å². The molecular formula is C12H12FN5O. The fraction of sp³-hybridized carbons (Fsp3) is 0.333. The number of aromatic amines is 1. The summed E-state index contributed by atoms with van der Waals surface area (Å²) in [7, 11) is 0. The molecule has 2 aromatic rings. The van der Waals surface area contributed by atoms with Gasteiger partial charge in [0.2, 0.25) is 0 Å². The van der Waals surface area contributed by atoms with Crippen molar-refractivity contribution in [1.29, 1.82) is 0 Å². The number of carbonyl (C=O) groups excluding carboxylic acids is 1. The Bertz CT molecular complexity index is 582. The van der Waals surface area contributed by atoms with E-state index in [2.05, 4.69) is 20.6 Å². The van der Waals surface area contributed by atoms with E-state index in [4.69, 9.17) is 0 Å². The molecule has 1 heterocycles. The molecule has 0 spiro atoms. The predicted octanol–water partition coefficient (Wildman–Crippen LogP) is 1.14. The normalized spacial score (nSPS) is 14.4. The van der Waals surface area contributed by atoms with Crippen molar-refractivity contribution in [2.75, 3.05) is 0 Å². The van der Waals surface area contributed by atoms with Gasteiger partial charge in [0.1, 0.15) is 5.82 Å². The lowest BCUT2D eigenvalue weighted by Crippen LogP contribution is -2.33. The van der Waals surface area contributed by atoms with Crippen molar-refractivity contribution in [2.45, 2.75) is 25.4 Å². The lowest BCUT2D eigenvalue weighted by Gasteiger charge is -2.20. The van der Waals surface area contributed by atoms with Crippen LogP contribution < -0.4 is 0 Å². The molecule has 19 heavy (non-hydrogen) atoms. The predicted molar refractivity (Wildman–Crippen MR) is 63.5 cm³/mol. The number of hydrogen-bond acceptors (Lipinski definition) is 4. The third-order valence-electron chi connectivity index (χ3n) is 3.03. The van der Waals surface area contributed by atoms with Crippen molar-refractivity contribution in [3.05, 3.63) is 41.5 Å². The van der Waals surface area contributed by atoms with Gasteiger partial charge < -0.3 is 4.90 Å². The summed E-state index contributed by atoms with van der Waals surface area (Å²) in [5, 5.41) is 13.0. The SMILES string of the molecule is O=C(c1nn[nH]n1)N(Cc1cccc(F)c1)C1CC1. The first-order valence-corrected chi connectivity index (χ1v) is 6.03. The van der Waals surface area contributed by atoms with Gasteiger partial charge in [-0.15, -0.1) is 10.2 Å². The van der Waals surface area contributed by atoms with E-state index in [-0.39, 0.29) is 23.6 Å². The second-order valence-electron chi connectivity index (χ2n) is 4.53. The van der Waals surface area contributed by atoms with Crippen LogP contribution in [0.5, 0.6) is 0 Å². The summed E-state index contributed by atoms with van der Waals surface area (Å²) >= 11 is 0. The van der Waals surface area contributed by atoms with Crippen molar-refractivity contribution in [3.8, 4) is 0 Å². The Hall–Kier alpha value is -2.31. The van der Waals surface area contributed by atoms with Crippen molar-refractivity contribution in [3.63, 3.8) is 0 Å². The summed E-state index contributed by atoms with van der Waals surface area (Å²) < 4.78 is 13.2. The smallest absolute Gasteiger partial charge is 0.296 e. The summed E-state index contributed by atoms with van der Waals surface area (Å²) in [6.45, 7) is 0.357. The minimum atomic E-state index is -0.305. The molecule has 0 atom stereocenters. The second-order valence-corrected chi connectivity index (χ2v) is 4.53. The van der Waals surface area contributed by atoms with Gasteiger partial charge in [-0.2, -0.15) is 5.21 Å². The Labute approximate surface area is 108 Å². The number of hydrogen-bond donors (Lipinski definition) is 1. The molecule has 0 bridgehead atoms. The Balaban J connectivity index is 1.80. The molecule has 3 rings (SSSR count). The highest BCUT2D eigenvalue weighted by molar-refractivity contribution is 5.90. The first-order valence-electron chi connectivity index (χ1n) is 6.03. The Morgan fingerprint density at radius 2 is 2.32 bits per heavy atom. The van der Waals surface area contributed by atoms with E-state index >= 15 is 0 Å². The van der Waals surface area contributed by atoms with Crippen LogP contribution in [0.2, 0.25) is 0 Å². The first-order chi connectivity index (χ1) is 9.24. The standard InChI is InChI=1S/C12H12FN5O/c13-9-3-1-2-8(6-9)7-18(10-4-5-10)12(19)11-14-16-17-15-11/h1-3,6,10H,4-5,7H2,(H,14,15,16,17). The van der Waals surface area contributed by atoms with E-state index in [1.807, 2.05) is 0 Å². The number of H-pyrrole nitrogens is 1. The van der Waals surface area contributed by atoms with Gasteiger partial charge in [-0.3, -0.25) is 4.79 Å². The van der Waals surface area contributed by atoms with Gasteiger partial charge in [0.05, 0.1) is 0 Å².